The number of carbonyl (C=O) groups is 1. The van der Waals surface area contributed by atoms with Crippen LogP contribution in [0.3, 0.4) is 0 Å². The summed E-state index contributed by atoms with van der Waals surface area (Å²) in [4.78, 5) is 14.7. The predicted molar refractivity (Wildman–Crippen MR) is 112 cm³/mol. The lowest BCUT2D eigenvalue weighted by Crippen LogP contribution is -2.40. The first kappa shape index (κ1) is 21.8. The quantitative estimate of drug-likeness (QED) is 0.761. The second-order valence-corrected chi connectivity index (χ2v) is 8.55. The van der Waals surface area contributed by atoms with Crippen molar-refractivity contribution in [3.63, 3.8) is 0 Å². The Hall–Kier alpha value is -2.38. The maximum Gasteiger partial charge on any atom is 0.416 e. The van der Waals surface area contributed by atoms with Crippen LogP contribution in [0.25, 0.3) is 0 Å². The lowest BCUT2D eigenvalue weighted by Gasteiger charge is -2.34. The van der Waals surface area contributed by atoms with Crippen molar-refractivity contribution in [3.8, 4) is 0 Å². The first-order valence-electron chi connectivity index (χ1n) is 10.8. The van der Waals surface area contributed by atoms with Crippen molar-refractivity contribution in [1.29, 1.82) is 0 Å². The van der Waals surface area contributed by atoms with Crippen LogP contribution in [-0.4, -0.2) is 42.1 Å². The first-order chi connectivity index (χ1) is 14.8. The number of likely N-dealkylation sites (tertiary alicyclic amines) is 1. The van der Waals surface area contributed by atoms with Gasteiger partial charge >= 0.3 is 6.18 Å². The second kappa shape index (κ2) is 8.63. The van der Waals surface area contributed by atoms with Gasteiger partial charge in [-0.1, -0.05) is 24.3 Å². The molecule has 0 radical (unpaired) electrons. The first-order valence-corrected chi connectivity index (χ1v) is 10.8. The SMILES string of the molecule is O=C(c1ccc(C2(O)CCNCC2)cc1)N1CCC(c2ccc(C(F)(F)F)cc2)CC1. The Kier molecular flexibility index (Phi) is 6.08. The fourth-order valence-corrected chi connectivity index (χ4v) is 4.59. The summed E-state index contributed by atoms with van der Waals surface area (Å²) in [5, 5.41) is 14.1. The number of carbonyl (C=O) groups excluding carboxylic acids is 1. The van der Waals surface area contributed by atoms with Crippen molar-refractivity contribution in [3.05, 3.63) is 70.8 Å². The van der Waals surface area contributed by atoms with Crippen LogP contribution >= 0.6 is 0 Å². The molecule has 2 fully saturated rings. The van der Waals surface area contributed by atoms with Crippen molar-refractivity contribution in [2.75, 3.05) is 26.2 Å². The number of nitrogens with one attached hydrogen (secondary N) is 1. The van der Waals surface area contributed by atoms with E-state index in [4.69, 9.17) is 0 Å². The summed E-state index contributed by atoms with van der Waals surface area (Å²) >= 11 is 0. The third kappa shape index (κ3) is 4.77. The summed E-state index contributed by atoms with van der Waals surface area (Å²) in [5.74, 6) is 0.109. The van der Waals surface area contributed by atoms with Gasteiger partial charge in [0.15, 0.2) is 0 Å². The summed E-state index contributed by atoms with van der Waals surface area (Å²) in [7, 11) is 0. The lowest BCUT2D eigenvalue weighted by molar-refractivity contribution is -0.137. The molecular weight excluding hydrogens is 405 g/mol. The van der Waals surface area contributed by atoms with Crippen molar-refractivity contribution >= 4 is 5.91 Å². The third-order valence-corrected chi connectivity index (χ3v) is 6.59. The van der Waals surface area contributed by atoms with E-state index in [9.17, 15) is 23.1 Å². The molecule has 0 saturated carbocycles. The smallest absolute Gasteiger partial charge is 0.385 e. The van der Waals surface area contributed by atoms with Gasteiger partial charge in [-0.15, -0.1) is 0 Å². The van der Waals surface area contributed by atoms with Crippen LogP contribution < -0.4 is 5.32 Å². The highest BCUT2D eigenvalue weighted by Crippen LogP contribution is 2.34. The molecule has 31 heavy (non-hydrogen) atoms. The fraction of sp³-hybridized carbons (Fsp3) is 0.458. The maximum atomic E-state index is 12.9. The van der Waals surface area contributed by atoms with Gasteiger partial charge in [-0.3, -0.25) is 4.79 Å². The van der Waals surface area contributed by atoms with Gasteiger partial charge in [-0.25, -0.2) is 0 Å². The molecule has 0 aromatic heterocycles. The molecule has 2 N–H and O–H groups in total. The summed E-state index contributed by atoms with van der Waals surface area (Å²) in [6.45, 7) is 2.68. The van der Waals surface area contributed by atoms with Crippen molar-refractivity contribution in [2.24, 2.45) is 0 Å². The molecule has 0 bridgehead atoms. The molecule has 4 nitrogen and oxygen atoms in total. The summed E-state index contributed by atoms with van der Waals surface area (Å²) in [6, 6.07) is 12.6. The van der Waals surface area contributed by atoms with Gasteiger partial charge in [0.2, 0.25) is 0 Å². The van der Waals surface area contributed by atoms with Gasteiger partial charge in [-0.2, -0.15) is 13.2 Å². The van der Waals surface area contributed by atoms with Gasteiger partial charge in [0.05, 0.1) is 11.2 Å². The molecule has 2 aromatic rings. The molecular formula is C24H27F3N2O2. The van der Waals surface area contributed by atoms with Crippen LogP contribution in [0.5, 0.6) is 0 Å². The fourth-order valence-electron chi connectivity index (χ4n) is 4.59. The van der Waals surface area contributed by atoms with E-state index in [1.165, 1.54) is 0 Å². The van der Waals surface area contributed by atoms with E-state index in [0.717, 1.165) is 49.2 Å². The molecule has 2 aliphatic rings. The number of hydrogen-bond acceptors (Lipinski definition) is 3. The summed E-state index contributed by atoms with van der Waals surface area (Å²) in [5.41, 5.74) is 0.842. The van der Waals surface area contributed by atoms with Gasteiger partial charge < -0.3 is 15.3 Å². The summed E-state index contributed by atoms with van der Waals surface area (Å²) < 4.78 is 38.3. The van der Waals surface area contributed by atoms with E-state index in [-0.39, 0.29) is 11.8 Å². The highest BCUT2D eigenvalue weighted by molar-refractivity contribution is 5.94. The number of benzene rings is 2. The number of halogens is 3. The molecule has 0 atom stereocenters. The van der Waals surface area contributed by atoms with Crippen LogP contribution in [0.1, 0.15) is 58.6 Å². The van der Waals surface area contributed by atoms with E-state index in [1.807, 2.05) is 12.1 Å². The molecule has 2 aromatic carbocycles. The predicted octanol–water partition coefficient (Wildman–Crippen LogP) is 4.30. The Bertz CT molecular complexity index is 896. The topological polar surface area (TPSA) is 52.6 Å². The van der Waals surface area contributed by atoms with Gasteiger partial charge in [0.1, 0.15) is 0 Å². The average molecular weight is 432 g/mol. The van der Waals surface area contributed by atoms with Crippen LogP contribution in [0, 0.1) is 0 Å². The van der Waals surface area contributed by atoms with Crippen LogP contribution in [-0.2, 0) is 11.8 Å². The number of piperidine rings is 2. The number of rotatable bonds is 3. The zero-order valence-corrected chi connectivity index (χ0v) is 17.3. The second-order valence-electron chi connectivity index (χ2n) is 8.55. The summed E-state index contributed by atoms with van der Waals surface area (Å²) in [6.07, 6.45) is -1.58. The minimum Gasteiger partial charge on any atom is -0.385 e. The molecule has 2 saturated heterocycles. The molecule has 2 heterocycles. The third-order valence-electron chi connectivity index (χ3n) is 6.59. The van der Waals surface area contributed by atoms with Crippen LogP contribution in [0.4, 0.5) is 13.2 Å². The number of hydrogen-bond donors (Lipinski definition) is 2. The van der Waals surface area contributed by atoms with E-state index < -0.39 is 17.3 Å². The molecule has 1 amide bonds. The van der Waals surface area contributed by atoms with Crippen LogP contribution in [0.2, 0.25) is 0 Å². The van der Waals surface area contributed by atoms with E-state index in [0.29, 0.717) is 31.5 Å². The molecule has 0 spiro atoms. The molecule has 166 valence electrons. The Morgan fingerprint density at radius 3 is 2.10 bits per heavy atom. The van der Waals surface area contributed by atoms with Gasteiger partial charge in [0.25, 0.3) is 5.91 Å². The standard InChI is InChI=1S/C24H27F3N2O2/c25-24(26,27)21-7-1-17(2-8-21)18-9-15-29(16-10-18)22(30)19-3-5-20(6-4-19)23(31)11-13-28-14-12-23/h1-8,18,28,31H,9-16H2. The van der Waals surface area contributed by atoms with Crippen molar-refractivity contribution < 1.29 is 23.1 Å². The zero-order valence-electron chi connectivity index (χ0n) is 17.3. The van der Waals surface area contributed by atoms with Crippen LogP contribution in [0.15, 0.2) is 48.5 Å². The monoisotopic (exact) mass is 432 g/mol. The Morgan fingerprint density at radius 2 is 1.55 bits per heavy atom. The minimum absolute atomic E-state index is 0.0466. The molecule has 7 heteroatoms. The van der Waals surface area contributed by atoms with Crippen molar-refractivity contribution in [1.82, 2.24) is 10.2 Å². The Balaban J connectivity index is 1.36. The van der Waals surface area contributed by atoms with Gasteiger partial charge in [0, 0.05) is 18.7 Å². The van der Waals surface area contributed by atoms with Gasteiger partial charge in [-0.05, 0) is 80.1 Å². The zero-order chi connectivity index (χ0) is 22.1. The highest BCUT2D eigenvalue weighted by atomic mass is 19.4. The molecule has 4 rings (SSSR count). The average Bonchev–Trinajstić information content (AvgIpc) is 2.79. The van der Waals surface area contributed by atoms with E-state index in [2.05, 4.69) is 5.32 Å². The number of nitrogens with zero attached hydrogens (tertiary/aromatic N) is 1. The lowest BCUT2D eigenvalue weighted by atomic mass is 9.84. The van der Waals surface area contributed by atoms with E-state index >= 15 is 0 Å². The number of amides is 1. The molecule has 2 aliphatic heterocycles. The largest absolute Gasteiger partial charge is 0.416 e. The highest BCUT2D eigenvalue weighted by Gasteiger charge is 2.32. The number of aliphatic hydroxyl groups is 1. The van der Waals surface area contributed by atoms with Crippen molar-refractivity contribution in [2.45, 2.75) is 43.4 Å². The normalized spacial score (nSPS) is 19.9. The number of alkyl halides is 3. The molecule has 0 unspecified atom stereocenters. The maximum absolute atomic E-state index is 12.9. The Morgan fingerprint density at radius 1 is 0.968 bits per heavy atom. The Labute approximate surface area is 180 Å². The van der Waals surface area contributed by atoms with E-state index in [1.54, 1.807) is 29.2 Å². The minimum atomic E-state index is -4.33. The molecule has 0 aliphatic carbocycles.